The van der Waals surface area contributed by atoms with Crippen LogP contribution in [0.3, 0.4) is 0 Å². The highest BCUT2D eigenvalue weighted by Crippen LogP contribution is 2.38. The number of carboxylic acid groups (broad SMARTS) is 1. The molecule has 114 valence electrons. The molecule has 1 unspecified atom stereocenters. The Morgan fingerprint density at radius 1 is 1.05 bits per heavy atom. The lowest BCUT2D eigenvalue weighted by Crippen LogP contribution is -2.17. The van der Waals surface area contributed by atoms with Gasteiger partial charge in [-0.05, 0) is 47.9 Å². The van der Waals surface area contributed by atoms with Crippen LogP contribution in [0.5, 0.6) is 0 Å². The number of rotatable bonds is 4. The van der Waals surface area contributed by atoms with E-state index >= 15 is 0 Å². The average Bonchev–Trinajstić information content (AvgIpc) is 2.69. The van der Waals surface area contributed by atoms with Crippen molar-refractivity contribution in [3.63, 3.8) is 0 Å². The van der Waals surface area contributed by atoms with Crippen molar-refractivity contribution in [3.05, 3.63) is 70.8 Å². The summed E-state index contributed by atoms with van der Waals surface area (Å²) in [6.45, 7) is 1.97. The van der Waals surface area contributed by atoms with Gasteiger partial charge in [0.25, 0.3) is 0 Å². The Kier molecular flexibility index (Phi) is 4.28. The van der Waals surface area contributed by atoms with Crippen molar-refractivity contribution in [1.29, 1.82) is 0 Å². The Hall–Kier alpha value is -2.09. The maximum Gasteiger partial charge on any atom is 0.306 e. The van der Waals surface area contributed by atoms with Crippen molar-refractivity contribution in [2.45, 2.75) is 38.5 Å². The summed E-state index contributed by atoms with van der Waals surface area (Å²) in [6, 6.07) is 17.0. The third kappa shape index (κ3) is 2.78. The van der Waals surface area contributed by atoms with Crippen molar-refractivity contribution in [2.75, 3.05) is 0 Å². The first-order valence-electron chi connectivity index (χ1n) is 8.09. The highest BCUT2D eigenvalue weighted by molar-refractivity contribution is 5.70. The lowest BCUT2D eigenvalue weighted by molar-refractivity contribution is -0.142. The van der Waals surface area contributed by atoms with E-state index in [2.05, 4.69) is 48.5 Å². The molecule has 2 aromatic rings. The van der Waals surface area contributed by atoms with E-state index in [1.807, 2.05) is 6.92 Å². The summed E-state index contributed by atoms with van der Waals surface area (Å²) in [6.07, 6.45) is 3.43. The molecule has 0 radical (unpaired) electrons. The van der Waals surface area contributed by atoms with Gasteiger partial charge in [-0.15, -0.1) is 0 Å². The Labute approximate surface area is 131 Å². The molecule has 0 amide bonds. The van der Waals surface area contributed by atoms with Gasteiger partial charge in [-0.2, -0.15) is 0 Å². The molecule has 0 heterocycles. The number of hydrogen-bond acceptors (Lipinski definition) is 1. The highest BCUT2D eigenvalue weighted by Gasteiger charge is 2.28. The first kappa shape index (κ1) is 14.8. The standard InChI is InChI=1S/C20H22O2/c1-2-14(20(21)22)13-19-17-9-5-3-7-15(17)11-12-16-8-4-6-10-18(16)19/h3-10,14,19H,2,11-13H2,1H3,(H,21,22). The Morgan fingerprint density at radius 3 is 2.00 bits per heavy atom. The van der Waals surface area contributed by atoms with E-state index in [-0.39, 0.29) is 11.8 Å². The molecule has 1 atom stereocenters. The van der Waals surface area contributed by atoms with Gasteiger partial charge < -0.3 is 5.11 Å². The van der Waals surface area contributed by atoms with Crippen molar-refractivity contribution in [2.24, 2.45) is 5.92 Å². The minimum Gasteiger partial charge on any atom is -0.481 e. The number of aryl methyl sites for hydroxylation is 2. The van der Waals surface area contributed by atoms with Gasteiger partial charge in [0.15, 0.2) is 0 Å². The van der Waals surface area contributed by atoms with Crippen LogP contribution in [0.25, 0.3) is 0 Å². The fourth-order valence-electron chi connectivity index (χ4n) is 3.62. The van der Waals surface area contributed by atoms with Gasteiger partial charge in [0.05, 0.1) is 5.92 Å². The van der Waals surface area contributed by atoms with E-state index in [0.717, 1.165) is 12.8 Å². The number of aliphatic carboxylic acids is 1. The molecule has 0 aromatic heterocycles. The Bertz CT molecular complexity index is 627. The number of carboxylic acids is 1. The Morgan fingerprint density at radius 2 is 1.55 bits per heavy atom. The molecule has 1 aliphatic carbocycles. The molecule has 3 rings (SSSR count). The third-order valence-electron chi connectivity index (χ3n) is 4.89. The normalized spacial score (nSPS) is 15.5. The molecule has 1 aliphatic rings. The van der Waals surface area contributed by atoms with E-state index in [1.54, 1.807) is 0 Å². The lowest BCUT2D eigenvalue weighted by Gasteiger charge is -2.23. The van der Waals surface area contributed by atoms with Crippen LogP contribution >= 0.6 is 0 Å². The van der Waals surface area contributed by atoms with E-state index in [1.165, 1.54) is 22.3 Å². The zero-order valence-corrected chi connectivity index (χ0v) is 13.0. The summed E-state index contributed by atoms with van der Waals surface area (Å²) >= 11 is 0. The molecular weight excluding hydrogens is 272 g/mol. The van der Waals surface area contributed by atoms with E-state index in [9.17, 15) is 9.90 Å². The van der Waals surface area contributed by atoms with Crippen LogP contribution in [0.2, 0.25) is 0 Å². The lowest BCUT2D eigenvalue weighted by atomic mass is 9.81. The topological polar surface area (TPSA) is 37.3 Å². The summed E-state index contributed by atoms with van der Waals surface area (Å²) in [5.41, 5.74) is 5.35. The molecule has 2 nitrogen and oxygen atoms in total. The third-order valence-corrected chi connectivity index (χ3v) is 4.89. The van der Waals surface area contributed by atoms with Crippen molar-refractivity contribution in [1.82, 2.24) is 0 Å². The quantitative estimate of drug-likeness (QED) is 0.906. The number of fused-ring (bicyclic) bond motifs is 2. The minimum atomic E-state index is -0.679. The van der Waals surface area contributed by atoms with Gasteiger partial charge in [0.2, 0.25) is 0 Å². The number of benzene rings is 2. The molecule has 2 aromatic carbocycles. The van der Waals surface area contributed by atoms with Gasteiger partial charge in [0.1, 0.15) is 0 Å². The van der Waals surface area contributed by atoms with Crippen LogP contribution in [0.1, 0.15) is 47.9 Å². The predicted octanol–water partition coefficient (Wildman–Crippen LogP) is 4.42. The molecule has 1 N–H and O–H groups in total. The predicted molar refractivity (Wildman–Crippen MR) is 88.2 cm³/mol. The van der Waals surface area contributed by atoms with Gasteiger partial charge in [-0.25, -0.2) is 0 Å². The van der Waals surface area contributed by atoms with E-state index in [4.69, 9.17) is 0 Å². The first-order valence-corrected chi connectivity index (χ1v) is 8.09. The fraction of sp³-hybridized carbons (Fsp3) is 0.350. The molecule has 0 saturated heterocycles. The summed E-state index contributed by atoms with van der Waals surface area (Å²) in [7, 11) is 0. The summed E-state index contributed by atoms with van der Waals surface area (Å²) in [5, 5.41) is 9.47. The molecule has 2 heteroatoms. The van der Waals surface area contributed by atoms with Gasteiger partial charge >= 0.3 is 5.97 Å². The maximum atomic E-state index is 11.5. The average molecular weight is 294 g/mol. The maximum absolute atomic E-state index is 11.5. The second-order valence-electron chi connectivity index (χ2n) is 6.13. The van der Waals surface area contributed by atoms with Crippen LogP contribution in [0.15, 0.2) is 48.5 Å². The summed E-state index contributed by atoms with van der Waals surface area (Å²) in [5.74, 6) is -0.776. The number of carbonyl (C=O) groups is 1. The molecule has 0 bridgehead atoms. The zero-order valence-electron chi connectivity index (χ0n) is 13.0. The number of hydrogen-bond donors (Lipinski definition) is 1. The van der Waals surface area contributed by atoms with Crippen LogP contribution in [-0.4, -0.2) is 11.1 Å². The second kappa shape index (κ2) is 6.35. The zero-order chi connectivity index (χ0) is 15.5. The van der Waals surface area contributed by atoms with Crippen LogP contribution in [0, 0.1) is 5.92 Å². The van der Waals surface area contributed by atoms with Gasteiger partial charge in [-0.1, -0.05) is 55.5 Å². The van der Waals surface area contributed by atoms with Crippen LogP contribution < -0.4 is 0 Å². The van der Waals surface area contributed by atoms with Crippen molar-refractivity contribution >= 4 is 5.97 Å². The largest absolute Gasteiger partial charge is 0.481 e. The molecule has 0 fully saturated rings. The SMILES string of the molecule is CCC(CC1c2ccccc2CCc2ccccc21)C(=O)O. The Balaban J connectivity index is 2.07. The van der Waals surface area contributed by atoms with Crippen molar-refractivity contribution < 1.29 is 9.90 Å². The minimum absolute atomic E-state index is 0.191. The van der Waals surface area contributed by atoms with E-state index in [0.29, 0.717) is 12.8 Å². The smallest absolute Gasteiger partial charge is 0.306 e. The molecular formula is C20H22O2. The summed E-state index contributed by atoms with van der Waals surface area (Å²) in [4.78, 5) is 11.5. The van der Waals surface area contributed by atoms with Gasteiger partial charge in [0, 0.05) is 5.92 Å². The molecule has 0 aliphatic heterocycles. The molecule has 0 saturated carbocycles. The second-order valence-corrected chi connectivity index (χ2v) is 6.13. The van der Waals surface area contributed by atoms with Crippen molar-refractivity contribution in [3.8, 4) is 0 Å². The molecule has 22 heavy (non-hydrogen) atoms. The first-order chi connectivity index (χ1) is 10.7. The van der Waals surface area contributed by atoms with Gasteiger partial charge in [-0.3, -0.25) is 4.79 Å². The van der Waals surface area contributed by atoms with E-state index < -0.39 is 5.97 Å². The van der Waals surface area contributed by atoms with Crippen LogP contribution in [0.4, 0.5) is 0 Å². The highest BCUT2D eigenvalue weighted by atomic mass is 16.4. The molecule has 0 spiro atoms. The van der Waals surface area contributed by atoms with Crippen LogP contribution in [-0.2, 0) is 17.6 Å². The monoisotopic (exact) mass is 294 g/mol. The summed E-state index contributed by atoms with van der Waals surface area (Å²) < 4.78 is 0. The fourth-order valence-corrected chi connectivity index (χ4v) is 3.62.